The maximum Gasteiger partial charge on any atom is 0.239 e. The molecule has 0 aromatic rings. The first-order valence-electron chi connectivity index (χ1n) is 4.11. The summed E-state index contributed by atoms with van der Waals surface area (Å²) in [6, 6.07) is 0.203. The van der Waals surface area contributed by atoms with Crippen LogP contribution in [0.5, 0.6) is 0 Å². The minimum atomic E-state index is 0.0802. The molecule has 0 saturated carbocycles. The number of hydrogen-bond acceptors (Lipinski definition) is 1. The molecule has 11 heavy (non-hydrogen) atoms. The lowest BCUT2D eigenvalue weighted by molar-refractivity contribution is -0.130. The topological polar surface area (TPSA) is 20.3 Å². The van der Waals surface area contributed by atoms with Crippen LogP contribution in [0.2, 0.25) is 0 Å². The van der Waals surface area contributed by atoms with Crippen LogP contribution in [0.3, 0.4) is 0 Å². The van der Waals surface area contributed by atoms with Gasteiger partial charge in [-0.1, -0.05) is 13.3 Å². The van der Waals surface area contributed by atoms with E-state index in [9.17, 15) is 4.79 Å². The van der Waals surface area contributed by atoms with E-state index in [0.29, 0.717) is 0 Å². The minimum absolute atomic E-state index is 0.0802. The second kappa shape index (κ2) is 3.44. The highest BCUT2D eigenvalue weighted by atomic mass is 35.5. The van der Waals surface area contributed by atoms with Crippen LogP contribution in [0.15, 0.2) is 0 Å². The summed E-state index contributed by atoms with van der Waals surface area (Å²) in [7, 11) is 0. The first-order valence-corrected chi connectivity index (χ1v) is 4.45. The molecular weight excluding hydrogens is 162 g/mol. The molecule has 0 spiro atoms. The number of amides is 1. The molecule has 3 heteroatoms. The summed E-state index contributed by atoms with van der Waals surface area (Å²) in [5.74, 6) is 0.189. The van der Waals surface area contributed by atoms with Crippen LogP contribution in [-0.2, 0) is 4.79 Å². The normalized spacial score (nSPS) is 33.7. The second-order valence-corrected chi connectivity index (χ2v) is 3.69. The van der Waals surface area contributed by atoms with E-state index < -0.39 is 0 Å². The summed E-state index contributed by atoms with van der Waals surface area (Å²) in [6.07, 6.45) is 3.11. The average Bonchev–Trinajstić information content (AvgIpc) is 2.07. The van der Waals surface area contributed by atoms with Crippen molar-refractivity contribution in [3.05, 3.63) is 0 Å². The molecule has 64 valence electrons. The lowest BCUT2D eigenvalue weighted by atomic mass is 10.1. The van der Waals surface area contributed by atoms with Gasteiger partial charge in [0.05, 0.1) is 0 Å². The molecule has 1 saturated heterocycles. The molecule has 1 aliphatic rings. The van der Waals surface area contributed by atoms with Crippen molar-refractivity contribution in [2.24, 2.45) is 5.92 Å². The number of rotatable bonds is 0. The highest BCUT2D eigenvalue weighted by molar-refractivity contribution is 6.21. The van der Waals surface area contributed by atoms with Crippen LogP contribution >= 0.6 is 11.8 Å². The number of nitrogens with zero attached hydrogens (tertiary/aromatic N) is 1. The zero-order valence-corrected chi connectivity index (χ0v) is 7.77. The van der Waals surface area contributed by atoms with Gasteiger partial charge in [-0.25, -0.2) is 0 Å². The Kier molecular flexibility index (Phi) is 2.77. The average molecular weight is 176 g/mol. The Labute approximate surface area is 72.6 Å². The van der Waals surface area contributed by atoms with Crippen molar-refractivity contribution >= 4 is 17.7 Å². The largest absolute Gasteiger partial charge is 0.273 e. The Balaban J connectivity index is 2.66. The van der Waals surface area contributed by atoms with Crippen molar-refractivity contribution in [1.82, 2.24) is 4.42 Å². The fraction of sp³-hybridized carbons (Fsp3) is 0.875. The molecule has 0 bridgehead atoms. The van der Waals surface area contributed by atoms with E-state index in [1.54, 1.807) is 0 Å². The van der Waals surface area contributed by atoms with Gasteiger partial charge in [0.2, 0.25) is 5.91 Å². The molecule has 1 fully saturated rings. The molecule has 1 rings (SSSR count). The van der Waals surface area contributed by atoms with Gasteiger partial charge in [0.1, 0.15) is 0 Å². The van der Waals surface area contributed by atoms with Crippen molar-refractivity contribution in [2.45, 2.75) is 39.2 Å². The number of halogens is 1. The molecular formula is C8H14ClNO. The van der Waals surface area contributed by atoms with Crippen molar-refractivity contribution in [2.75, 3.05) is 0 Å². The van der Waals surface area contributed by atoms with Gasteiger partial charge in [-0.15, -0.1) is 0 Å². The van der Waals surface area contributed by atoms with Gasteiger partial charge in [0.15, 0.2) is 0 Å². The SMILES string of the molecule is C[C@@H]1CCC[C@H](C)C(=O)N1Cl. The number of carbonyl (C=O) groups excluding carboxylic acids is 1. The highest BCUT2D eigenvalue weighted by Crippen LogP contribution is 2.22. The molecule has 0 N–H and O–H groups in total. The Morgan fingerprint density at radius 3 is 2.73 bits per heavy atom. The summed E-state index contributed by atoms with van der Waals surface area (Å²) in [6.45, 7) is 3.93. The summed E-state index contributed by atoms with van der Waals surface area (Å²) >= 11 is 5.80. The van der Waals surface area contributed by atoms with E-state index in [2.05, 4.69) is 0 Å². The molecule has 1 amide bonds. The van der Waals surface area contributed by atoms with Crippen LogP contribution < -0.4 is 0 Å². The monoisotopic (exact) mass is 175 g/mol. The molecule has 0 aromatic carbocycles. The zero-order chi connectivity index (χ0) is 8.43. The van der Waals surface area contributed by atoms with Gasteiger partial charge in [-0.2, -0.15) is 0 Å². The summed E-state index contributed by atoms with van der Waals surface area (Å²) in [5, 5.41) is 0. The highest BCUT2D eigenvalue weighted by Gasteiger charge is 2.26. The Morgan fingerprint density at radius 2 is 2.09 bits per heavy atom. The van der Waals surface area contributed by atoms with Crippen LogP contribution in [0.4, 0.5) is 0 Å². The molecule has 2 atom stereocenters. The van der Waals surface area contributed by atoms with Gasteiger partial charge < -0.3 is 0 Å². The van der Waals surface area contributed by atoms with E-state index in [0.717, 1.165) is 19.3 Å². The molecule has 0 radical (unpaired) electrons. The minimum Gasteiger partial charge on any atom is -0.273 e. The molecule has 1 aliphatic heterocycles. The Morgan fingerprint density at radius 1 is 1.45 bits per heavy atom. The Bertz CT molecular complexity index is 160. The summed E-state index contributed by atoms with van der Waals surface area (Å²) in [5.41, 5.74) is 0. The van der Waals surface area contributed by atoms with Gasteiger partial charge in [-0.05, 0) is 19.8 Å². The second-order valence-electron chi connectivity index (χ2n) is 3.33. The lowest BCUT2D eigenvalue weighted by Gasteiger charge is -2.19. The Hall–Kier alpha value is -0.240. The fourth-order valence-electron chi connectivity index (χ4n) is 1.38. The van der Waals surface area contributed by atoms with E-state index in [1.807, 2.05) is 13.8 Å². The first-order chi connectivity index (χ1) is 5.13. The van der Waals surface area contributed by atoms with Gasteiger partial charge >= 0.3 is 0 Å². The number of hydrogen-bond donors (Lipinski definition) is 0. The van der Waals surface area contributed by atoms with Crippen molar-refractivity contribution < 1.29 is 4.79 Å². The molecule has 0 aromatic heterocycles. The third-order valence-electron chi connectivity index (χ3n) is 2.28. The third kappa shape index (κ3) is 1.86. The van der Waals surface area contributed by atoms with E-state index in [1.165, 1.54) is 4.42 Å². The lowest BCUT2D eigenvalue weighted by Crippen LogP contribution is -2.31. The quantitative estimate of drug-likeness (QED) is 0.517. The predicted octanol–water partition coefficient (Wildman–Crippen LogP) is 2.18. The summed E-state index contributed by atoms with van der Waals surface area (Å²) in [4.78, 5) is 11.3. The van der Waals surface area contributed by atoms with E-state index in [4.69, 9.17) is 11.8 Å². The predicted molar refractivity (Wildman–Crippen MR) is 45.2 cm³/mol. The molecule has 0 aliphatic carbocycles. The van der Waals surface area contributed by atoms with Crippen molar-refractivity contribution in [1.29, 1.82) is 0 Å². The number of carbonyl (C=O) groups is 1. The zero-order valence-electron chi connectivity index (χ0n) is 7.01. The van der Waals surface area contributed by atoms with Crippen LogP contribution in [-0.4, -0.2) is 16.4 Å². The van der Waals surface area contributed by atoms with Crippen LogP contribution in [0, 0.1) is 5.92 Å². The maximum atomic E-state index is 11.3. The molecule has 2 nitrogen and oxygen atoms in total. The van der Waals surface area contributed by atoms with Gasteiger partial charge in [0, 0.05) is 23.7 Å². The van der Waals surface area contributed by atoms with Crippen LogP contribution in [0.1, 0.15) is 33.1 Å². The van der Waals surface area contributed by atoms with Crippen molar-refractivity contribution in [3.63, 3.8) is 0 Å². The van der Waals surface area contributed by atoms with Crippen molar-refractivity contribution in [3.8, 4) is 0 Å². The molecule has 0 unspecified atom stereocenters. The van der Waals surface area contributed by atoms with Gasteiger partial charge in [-0.3, -0.25) is 9.21 Å². The van der Waals surface area contributed by atoms with Crippen LogP contribution in [0.25, 0.3) is 0 Å². The van der Waals surface area contributed by atoms with Gasteiger partial charge in [0.25, 0.3) is 0 Å². The fourth-order valence-corrected chi connectivity index (χ4v) is 1.65. The summed E-state index contributed by atoms with van der Waals surface area (Å²) < 4.78 is 1.36. The maximum absolute atomic E-state index is 11.3. The smallest absolute Gasteiger partial charge is 0.239 e. The van der Waals surface area contributed by atoms with E-state index in [-0.39, 0.29) is 17.9 Å². The molecule has 1 heterocycles. The first kappa shape index (κ1) is 8.85. The van der Waals surface area contributed by atoms with E-state index >= 15 is 0 Å². The third-order valence-corrected chi connectivity index (χ3v) is 2.78. The standard InChI is InChI=1S/C8H14ClNO/c1-6-4-3-5-7(2)10(9)8(6)11/h6-7H,3-5H2,1-2H3/t6-,7+/m0/s1.